The molecule has 0 saturated carbocycles. The summed E-state index contributed by atoms with van der Waals surface area (Å²) in [5.74, 6) is -0.474. The Kier molecular flexibility index (Phi) is 5.17. The predicted molar refractivity (Wildman–Crippen MR) is 88.8 cm³/mol. The number of benzene rings is 1. The summed E-state index contributed by atoms with van der Waals surface area (Å²) >= 11 is 0. The molecule has 1 aliphatic carbocycles. The molecular weight excluding hydrogens is 274 g/mol. The van der Waals surface area contributed by atoms with Crippen LogP contribution in [0.3, 0.4) is 0 Å². The van der Waals surface area contributed by atoms with Gasteiger partial charge in [-0.3, -0.25) is 4.90 Å². The van der Waals surface area contributed by atoms with E-state index < -0.39 is 5.79 Å². The Balaban J connectivity index is 1.86. The van der Waals surface area contributed by atoms with Gasteiger partial charge in [-0.05, 0) is 31.5 Å². The average molecular weight is 303 g/mol. The van der Waals surface area contributed by atoms with Crippen molar-refractivity contribution >= 4 is 0 Å². The quantitative estimate of drug-likeness (QED) is 0.752. The Morgan fingerprint density at radius 3 is 2.32 bits per heavy atom. The Bertz CT molecular complexity index is 474. The van der Waals surface area contributed by atoms with Gasteiger partial charge in [0, 0.05) is 18.0 Å². The highest BCUT2D eigenvalue weighted by Gasteiger charge is 2.49. The van der Waals surface area contributed by atoms with E-state index in [1.807, 2.05) is 0 Å². The summed E-state index contributed by atoms with van der Waals surface area (Å²) in [4.78, 5) is 2.66. The minimum atomic E-state index is -0.474. The summed E-state index contributed by atoms with van der Waals surface area (Å²) in [6.45, 7) is 8.31. The Hall–Kier alpha value is -0.900. The zero-order chi connectivity index (χ0) is 15.4. The lowest BCUT2D eigenvalue weighted by molar-refractivity contribution is -0.170. The molecule has 1 fully saturated rings. The Morgan fingerprint density at radius 2 is 1.68 bits per heavy atom. The van der Waals surface area contributed by atoms with Crippen molar-refractivity contribution in [2.24, 2.45) is 0 Å². The van der Waals surface area contributed by atoms with Crippen LogP contribution in [0, 0.1) is 0 Å². The van der Waals surface area contributed by atoms with E-state index in [0.29, 0.717) is 19.3 Å². The molecule has 3 heteroatoms. The molecule has 1 atom stereocenters. The first kappa shape index (κ1) is 16.0. The third-order valence-corrected chi connectivity index (χ3v) is 4.98. The molecule has 1 unspecified atom stereocenters. The molecule has 3 rings (SSSR count). The number of ether oxygens (including phenoxy) is 2. The normalized spacial score (nSPS) is 22.6. The molecule has 0 bridgehead atoms. The predicted octanol–water partition coefficient (Wildman–Crippen LogP) is 4.23. The van der Waals surface area contributed by atoms with E-state index in [-0.39, 0.29) is 0 Å². The van der Waals surface area contributed by atoms with Gasteiger partial charge in [-0.25, -0.2) is 0 Å². The van der Waals surface area contributed by atoms with Crippen LogP contribution in [0.1, 0.15) is 63.1 Å². The highest BCUT2D eigenvalue weighted by molar-refractivity contribution is 5.39. The van der Waals surface area contributed by atoms with Gasteiger partial charge >= 0.3 is 0 Å². The minimum Gasteiger partial charge on any atom is -0.343 e. The van der Waals surface area contributed by atoms with Crippen molar-refractivity contribution in [2.75, 3.05) is 26.3 Å². The first-order valence-electron chi connectivity index (χ1n) is 8.92. The number of fused-ring (bicyclic) bond motifs is 2. The van der Waals surface area contributed by atoms with Crippen molar-refractivity contribution in [3.8, 4) is 0 Å². The van der Waals surface area contributed by atoms with E-state index in [4.69, 9.17) is 9.47 Å². The van der Waals surface area contributed by atoms with E-state index in [1.165, 1.54) is 49.9 Å². The molecule has 1 heterocycles. The molecule has 1 spiro atoms. The summed E-state index contributed by atoms with van der Waals surface area (Å²) in [6, 6.07) is 9.16. The van der Waals surface area contributed by atoms with Gasteiger partial charge in [-0.2, -0.15) is 0 Å². The van der Waals surface area contributed by atoms with Crippen LogP contribution >= 0.6 is 0 Å². The minimum absolute atomic E-state index is 0.437. The van der Waals surface area contributed by atoms with Crippen molar-refractivity contribution in [3.05, 3.63) is 35.4 Å². The largest absolute Gasteiger partial charge is 0.343 e. The second-order valence-electron chi connectivity index (χ2n) is 6.50. The molecule has 122 valence electrons. The molecule has 1 saturated heterocycles. The standard InChI is InChI=1S/C19H29NO2/c1-3-5-11-20(12-6-4-2)18-15-19(21-13-14-22-19)17-10-8-7-9-16(17)18/h7-10,18H,3-6,11-15H2,1-2H3. The maximum absolute atomic E-state index is 6.07. The number of nitrogens with zero attached hydrogens (tertiary/aromatic N) is 1. The van der Waals surface area contributed by atoms with Crippen LogP contribution in [0.4, 0.5) is 0 Å². The third kappa shape index (κ3) is 2.94. The summed E-state index contributed by atoms with van der Waals surface area (Å²) in [7, 11) is 0. The third-order valence-electron chi connectivity index (χ3n) is 4.98. The van der Waals surface area contributed by atoms with E-state index >= 15 is 0 Å². The fraction of sp³-hybridized carbons (Fsp3) is 0.684. The van der Waals surface area contributed by atoms with Crippen molar-refractivity contribution in [3.63, 3.8) is 0 Å². The topological polar surface area (TPSA) is 21.7 Å². The zero-order valence-corrected chi connectivity index (χ0v) is 14.0. The molecule has 3 nitrogen and oxygen atoms in total. The maximum atomic E-state index is 6.07. The van der Waals surface area contributed by atoms with Crippen LogP contribution in [0.2, 0.25) is 0 Å². The molecular formula is C19H29NO2. The van der Waals surface area contributed by atoms with E-state index in [9.17, 15) is 0 Å². The molecule has 2 aliphatic rings. The highest BCUT2D eigenvalue weighted by atomic mass is 16.7. The number of rotatable bonds is 7. The lowest BCUT2D eigenvalue weighted by Crippen LogP contribution is -2.32. The maximum Gasteiger partial charge on any atom is 0.197 e. The van der Waals surface area contributed by atoms with Crippen molar-refractivity contribution < 1.29 is 9.47 Å². The molecule has 1 aromatic carbocycles. The monoisotopic (exact) mass is 303 g/mol. The van der Waals surface area contributed by atoms with Gasteiger partial charge in [0.15, 0.2) is 5.79 Å². The molecule has 0 aromatic heterocycles. The fourth-order valence-electron chi connectivity index (χ4n) is 3.81. The molecule has 0 radical (unpaired) electrons. The van der Waals surface area contributed by atoms with Gasteiger partial charge < -0.3 is 9.47 Å². The highest BCUT2D eigenvalue weighted by Crippen LogP contribution is 2.50. The summed E-state index contributed by atoms with van der Waals surface area (Å²) in [6.07, 6.45) is 5.96. The van der Waals surface area contributed by atoms with Gasteiger partial charge in [0.1, 0.15) is 0 Å². The van der Waals surface area contributed by atoms with Gasteiger partial charge in [0.2, 0.25) is 0 Å². The van der Waals surface area contributed by atoms with Crippen LogP contribution in [0.5, 0.6) is 0 Å². The van der Waals surface area contributed by atoms with Crippen molar-refractivity contribution in [1.82, 2.24) is 4.90 Å². The summed E-state index contributed by atoms with van der Waals surface area (Å²) < 4.78 is 12.1. The first-order valence-corrected chi connectivity index (χ1v) is 8.92. The molecule has 0 N–H and O–H groups in total. The number of unbranched alkanes of at least 4 members (excludes halogenated alkanes) is 2. The van der Waals surface area contributed by atoms with Crippen LogP contribution in [0.25, 0.3) is 0 Å². The van der Waals surface area contributed by atoms with Gasteiger partial charge in [0.05, 0.1) is 13.2 Å². The smallest absolute Gasteiger partial charge is 0.197 e. The molecule has 1 aliphatic heterocycles. The van der Waals surface area contributed by atoms with Crippen LogP contribution in [0.15, 0.2) is 24.3 Å². The van der Waals surface area contributed by atoms with Crippen molar-refractivity contribution in [2.45, 2.75) is 57.8 Å². The van der Waals surface area contributed by atoms with Crippen LogP contribution in [-0.4, -0.2) is 31.2 Å². The SMILES string of the molecule is CCCCN(CCCC)C1CC2(OCCO2)c2ccccc21. The number of hydrogen-bond donors (Lipinski definition) is 0. The molecule has 0 amide bonds. The lowest BCUT2D eigenvalue weighted by Gasteiger charge is -2.30. The van der Waals surface area contributed by atoms with E-state index in [2.05, 4.69) is 43.0 Å². The Morgan fingerprint density at radius 1 is 1.05 bits per heavy atom. The summed E-state index contributed by atoms with van der Waals surface area (Å²) in [5.41, 5.74) is 2.67. The Labute approximate surface area is 134 Å². The van der Waals surface area contributed by atoms with E-state index in [1.54, 1.807) is 0 Å². The average Bonchev–Trinajstić information content (AvgIpc) is 3.15. The second-order valence-corrected chi connectivity index (χ2v) is 6.50. The lowest BCUT2D eigenvalue weighted by atomic mass is 10.1. The second kappa shape index (κ2) is 7.12. The van der Waals surface area contributed by atoms with E-state index in [0.717, 1.165) is 6.42 Å². The molecule has 22 heavy (non-hydrogen) atoms. The van der Waals surface area contributed by atoms with Gasteiger partial charge in [-0.1, -0.05) is 51.0 Å². The van der Waals surface area contributed by atoms with Gasteiger partial charge in [0.25, 0.3) is 0 Å². The number of hydrogen-bond acceptors (Lipinski definition) is 3. The molecule has 1 aromatic rings. The fourth-order valence-corrected chi connectivity index (χ4v) is 3.81. The van der Waals surface area contributed by atoms with Gasteiger partial charge in [-0.15, -0.1) is 0 Å². The van der Waals surface area contributed by atoms with Crippen LogP contribution < -0.4 is 0 Å². The summed E-state index contributed by atoms with van der Waals surface area (Å²) in [5, 5.41) is 0. The first-order chi connectivity index (χ1) is 10.8. The zero-order valence-electron chi connectivity index (χ0n) is 14.0. The van der Waals surface area contributed by atoms with Crippen LogP contribution in [-0.2, 0) is 15.3 Å². The van der Waals surface area contributed by atoms with Crippen molar-refractivity contribution in [1.29, 1.82) is 0 Å².